The highest BCUT2D eigenvalue weighted by Crippen LogP contribution is 2.21. The first kappa shape index (κ1) is 12.4. The number of hydrogen-bond donors (Lipinski definition) is 1. The van der Waals surface area contributed by atoms with Crippen LogP contribution in [0.15, 0.2) is 29.4 Å². The number of hydrogen-bond acceptors (Lipinski definition) is 5. The highest BCUT2D eigenvalue weighted by molar-refractivity contribution is 6.01. The van der Waals surface area contributed by atoms with E-state index in [2.05, 4.69) is 34.3 Å². The molecule has 0 spiro atoms. The molecule has 1 aromatic rings. The molecule has 1 N–H and O–H groups in total. The molecule has 1 fully saturated rings. The van der Waals surface area contributed by atoms with Crippen molar-refractivity contribution in [1.29, 1.82) is 0 Å². The van der Waals surface area contributed by atoms with E-state index in [4.69, 9.17) is 4.74 Å². The maximum Gasteiger partial charge on any atom is 0.147 e. The van der Waals surface area contributed by atoms with Crippen LogP contribution in [0.25, 0.3) is 0 Å². The molecule has 0 radical (unpaired) electrons. The molecule has 5 heteroatoms. The van der Waals surface area contributed by atoms with E-state index in [1.165, 1.54) is 5.69 Å². The standard InChI is InChI=1S/C14H19N3O2/c1-16-14(18)10-13(15-16)11-2-4-12(5-3-11)17-6-8-19-9-7-17/h2-5,14,18H,6-10H2,1H3. The van der Waals surface area contributed by atoms with E-state index < -0.39 is 6.23 Å². The van der Waals surface area contributed by atoms with E-state index in [0.717, 1.165) is 37.6 Å². The molecule has 0 amide bonds. The summed E-state index contributed by atoms with van der Waals surface area (Å²) in [5, 5.41) is 15.6. The van der Waals surface area contributed by atoms with Crippen molar-refractivity contribution in [2.45, 2.75) is 12.6 Å². The van der Waals surface area contributed by atoms with Crippen molar-refractivity contribution in [3.05, 3.63) is 29.8 Å². The Labute approximate surface area is 113 Å². The summed E-state index contributed by atoms with van der Waals surface area (Å²) in [6.45, 7) is 3.49. The third kappa shape index (κ3) is 2.57. The number of benzene rings is 1. The van der Waals surface area contributed by atoms with Gasteiger partial charge in [0.1, 0.15) is 6.23 Å². The SMILES string of the molecule is CN1N=C(c2ccc(N3CCOCC3)cc2)CC1O. The van der Waals surface area contributed by atoms with Crippen molar-refractivity contribution < 1.29 is 9.84 Å². The summed E-state index contributed by atoms with van der Waals surface area (Å²) in [7, 11) is 1.79. The third-order valence-electron chi connectivity index (χ3n) is 3.66. The van der Waals surface area contributed by atoms with E-state index in [-0.39, 0.29) is 0 Å². The molecule has 0 aliphatic carbocycles. The largest absolute Gasteiger partial charge is 0.378 e. The molecule has 3 rings (SSSR count). The van der Waals surface area contributed by atoms with Crippen LogP contribution in [0.3, 0.4) is 0 Å². The number of rotatable bonds is 2. The average Bonchev–Trinajstić information content (AvgIpc) is 2.80. The fourth-order valence-corrected chi connectivity index (χ4v) is 2.46. The van der Waals surface area contributed by atoms with Gasteiger partial charge in [-0.15, -0.1) is 0 Å². The summed E-state index contributed by atoms with van der Waals surface area (Å²) >= 11 is 0. The predicted octanol–water partition coefficient (Wildman–Crippen LogP) is 0.881. The molecule has 0 bridgehead atoms. The van der Waals surface area contributed by atoms with Crippen LogP contribution in [0.4, 0.5) is 5.69 Å². The minimum atomic E-state index is -0.492. The monoisotopic (exact) mass is 261 g/mol. The van der Waals surface area contributed by atoms with Crippen molar-refractivity contribution in [2.24, 2.45) is 5.10 Å². The highest BCUT2D eigenvalue weighted by atomic mass is 16.5. The van der Waals surface area contributed by atoms with Crippen LogP contribution in [0.2, 0.25) is 0 Å². The van der Waals surface area contributed by atoms with Crippen LogP contribution in [0.1, 0.15) is 12.0 Å². The van der Waals surface area contributed by atoms with Crippen molar-refractivity contribution in [3.63, 3.8) is 0 Å². The van der Waals surface area contributed by atoms with Crippen molar-refractivity contribution in [2.75, 3.05) is 38.3 Å². The van der Waals surface area contributed by atoms with E-state index in [0.29, 0.717) is 6.42 Å². The van der Waals surface area contributed by atoms with Gasteiger partial charge in [-0.3, -0.25) is 5.01 Å². The van der Waals surface area contributed by atoms with E-state index in [1.807, 2.05) is 0 Å². The van der Waals surface area contributed by atoms with Gasteiger partial charge in [-0.25, -0.2) is 0 Å². The Bertz CT molecular complexity index is 466. The number of ether oxygens (including phenoxy) is 1. The second-order valence-corrected chi connectivity index (χ2v) is 4.95. The Balaban J connectivity index is 1.74. The van der Waals surface area contributed by atoms with Crippen molar-refractivity contribution in [1.82, 2.24) is 5.01 Å². The maximum atomic E-state index is 9.68. The Morgan fingerprint density at radius 1 is 1.21 bits per heavy atom. The van der Waals surface area contributed by atoms with Crippen LogP contribution in [-0.4, -0.2) is 55.4 Å². The number of hydrazone groups is 1. The molecule has 2 heterocycles. The molecular formula is C14H19N3O2. The van der Waals surface area contributed by atoms with Gasteiger partial charge in [0, 0.05) is 32.2 Å². The Morgan fingerprint density at radius 2 is 1.89 bits per heavy atom. The first-order valence-electron chi connectivity index (χ1n) is 6.65. The van der Waals surface area contributed by atoms with E-state index >= 15 is 0 Å². The van der Waals surface area contributed by atoms with Gasteiger partial charge in [-0.2, -0.15) is 5.10 Å². The smallest absolute Gasteiger partial charge is 0.147 e. The molecule has 102 valence electrons. The van der Waals surface area contributed by atoms with Gasteiger partial charge < -0.3 is 14.7 Å². The van der Waals surface area contributed by atoms with Crippen molar-refractivity contribution in [3.8, 4) is 0 Å². The summed E-state index contributed by atoms with van der Waals surface area (Å²) in [4.78, 5) is 2.32. The molecule has 0 aromatic heterocycles. The topological polar surface area (TPSA) is 48.3 Å². The minimum absolute atomic E-state index is 0.492. The second-order valence-electron chi connectivity index (χ2n) is 4.95. The average molecular weight is 261 g/mol. The number of morpholine rings is 1. The number of anilines is 1. The quantitative estimate of drug-likeness (QED) is 0.858. The Hall–Kier alpha value is -1.59. The lowest BCUT2D eigenvalue weighted by Gasteiger charge is -2.28. The van der Waals surface area contributed by atoms with Crippen LogP contribution in [0, 0.1) is 0 Å². The van der Waals surface area contributed by atoms with E-state index in [1.54, 1.807) is 12.1 Å². The van der Waals surface area contributed by atoms with Gasteiger partial charge >= 0.3 is 0 Å². The number of nitrogens with zero attached hydrogens (tertiary/aromatic N) is 3. The minimum Gasteiger partial charge on any atom is -0.378 e. The Kier molecular flexibility index (Phi) is 3.40. The van der Waals surface area contributed by atoms with Crippen LogP contribution < -0.4 is 4.90 Å². The van der Waals surface area contributed by atoms with Crippen LogP contribution in [-0.2, 0) is 4.74 Å². The van der Waals surface area contributed by atoms with Crippen molar-refractivity contribution >= 4 is 11.4 Å². The zero-order chi connectivity index (χ0) is 13.2. The fourth-order valence-electron chi connectivity index (χ4n) is 2.46. The normalized spacial score (nSPS) is 23.7. The molecule has 5 nitrogen and oxygen atoms in total. The van der Waals surface area contributed by atoms with Gasteiger partial charge in [0.05, 0.1) is 18.9 Å². The molecule has 1 atom stereocenters. The maximum absolute atomic E-state index is 9.68. The number of aliphatic hydroxyl groups is 1. The summed E-state index contributed by atoms with van der Waals surface area (Å²) < 4.78 is 5.36. The molecule has 19 heavy (non-hydrogen) atoms. The zero-order valence-electron chi connectivity index (χ0n) is 11.1. The first-order chi connectivity index (χ1) is 9.24. The summed E-state index contributed by atoms with van der Waals surface area (Å²) in [5.41, 5.74) is 3.25. The fraction of sp³-hybridized carbons (Fsp3) is 0.500. The lowest BCUT2D eigenvalue weighted by Crippen LogP contribution is -2.36. The van der Waals surface area contributed by atoms with Crippen LogP contribution >= 0.6 is 0 Å². The summed E-state index contributed by atoms with van der Waals surface area (Å²) in [5.74, 6) is 0. The van der Waals surface area contributed by atoms with Gasteiger partial charge in [0.2, 0.25) is 0 Å². The van der Waals surface area contributed by atoms with Gasteiger partial charge in [0.15, 0.2) is 0 Å². The molecule has 1 unspecified atom stereocenters. The Morgan fingerprint density at radius 3 is 2.47 bits per heavy atom. The third-order valence-corrected chi connectivity index (χ3v) is 3.66. The lowest BCUT2D eigenvalue weighted by molar-refractivity contribution is 0.0452. The lowest BCUT2D eigenvalue weighted by atomic mass is 10.1. The van der Waals surface area contributed by atoms with Gasteiger partial charge in [-0.05, 0) is 17.7 Å². The molecule has 1 saturated heterocycles. The molecule has 1 aromatic carbocycles. The number of aliphatic hydroxyl groups excluding tert-OH is 1. The van der Waals surface area contributed by atoms with Gasteiger partial charge in [0.25, 0.3) is 0 Å². The summed E-state index contributed by atoms with van der Waals surface area (Å²) in [6, 6.07) is 8.40. The highest BCUT2D eigenvalue weighted by Gasteiger charge is 2.22. The molecule has 2 aliphatic rings. The molecular weight excluding hydrogens is 242 g/mol. The predicted molar refractivity (Wildman–Crippen MR) is 74.4 cm³/mol. The van der Waals surface area contributed by atoms with Gasteiger partial charge in [-0.1, -0.05) is 12.1 Å². The van der Waals surface area contributed by atoms with Crippen LogP contribution in [0.5, 0.6) is 0 Å². The first-order valence-corrected chi connectivity index (χ1v) is 6.65. The summed E-state index contributed by atoms with van der Waals surface area (Å²) in [6.07, 6.45) is 0.0989. The molecule has 2 aliphatic heterocycles. The molecule has 0 saturated carbocycles. The van der Waals surface area contributed by atoms with E-state index in [9.17, 15) is 5.11 Å². The zero-order valence-corrected chi connectivity index (χ0v) is 11.1. The second kappa shape index (κ2) is 5.19.